The molecule has 5 aromatic heterocycles. The summed E-state index contributed by atoms with van der Waals surface area (Å²) in [5.74, 6) is 0.0743. The van der Waals surface area contributed by atoms with Crippen molar-refractivity contribution in [1.82, 2.24) is 0 Å². The third-order valence-electron chi connectivity index (χ3n) is 26.4. The average Bonchev–Trinajstić information content (AvgIpc) is 1.48. The number of rotatable bonds is 5. The zero-order valence-electron chi connectivity index (χ0n) is 68.8. The van der Waals surface area contributed by atoms with E-state index in [1.54, 1.807) is 11.1 Å². The van der Waals surface area contributed by atoms with Crippen LogP contribution >= 0.6 is 0 Å². The predicted molar refractivity (Wildman–Crippen MR) is 422 cm³/mol. The maximum Gasteiger partial charge on any atom is 0.216 e. The van der Waals surface area contributed by atoms with Crippen molar-refractivity contribution < 1.29 is 26.9 Å². The summed E-state index contributed by atoms with van der Waals surface area (Å²) in [6, 6.07) is 54.6. The second-order valence-corrected chi connectivity index (χ2v) is 35.5. The molecule has 6 bridgehead atoms. The van der Waals surface area contributed by atoms with Gasteiger partial charge in [-0.05, 0) is 241 Å². The fraction of sp³-hybridized carbons (Fsp3) is 0.433. The number of pyridine rings is 5. The molecule has 0 saturated heterocycles. The minimum Gasteiger partial charge on any atom is -0.201 e. The smallest absolute Gasteiger partial charge is 0.201 e. The van der Waals surface area contributed by atoms with E-state index in [1.807, 2.05) is 7.05 Å². The number of nitrogens with zero attached hydrogens (tertiary/aromatic N) is 5. The van der Waals surface area contributed by atoms with Gasteiger partial charge in [0.05, 0.1) is 0 Å². The second kappa shape index (κ2) is 26.2. The lowest BCUT2D eigenvalue weighted by atomic mass is 9.69. The number of aryl methyl sites for hydroxylation is 10. The predicted octanol–water partition coefficient (Wildman–Crippen LogP) is 21.3. The Balaban J connectivity index is 0.000000111. The molecule has 3 fully saturated rings. The van der Waals surface area contributed by atoms with E-state index in [2.05, 4.69) is 344 Å². The summed E-state index contributed by atoms with van der Waals surface area (Å²) in [7, 11) is 10.7. The Morgan fingerprint density at radius 3 is 1.32 bits per heavy atom. The minimum atomic E-state index is -0.576. The Morgan fingerprint density at radius 2 is 0.775 bits per heavy atom. The van der Waals surface area contributed by atoms with Crippen LogP contribution < -0.4 is 22.8 Å². The zero-order chi connectivity index (χ0) is 75.3. The molecule has 18 rings (SSSR count). The summed E-state index contributed by atoms with van der Waals surface area (Å²) < 4.78 is 38.2. The van der Waals surface area contributed by atoms with Gasteiger partial charge in [0.25, 0.3) is 0 Å². The molecule has 5 nitrogen and oxygen atoms in total. The van der Waals surface area contributed by atoms with Crippen molar-refractivity contribution in [1.29, 1.82) is 0 Å². The summed E-state index contributed by atoms with van der Waals surface area (Å²) in [6.45, 7) is 36.9. The molecule has 0 N–H and O–H groups in total. The molecule has 6 atom stereocenters. The Labute approximate surface area is 618 Å². The van der Waals surface area contributed by atoms with E-state index >= 15 is 0 Å². The van der Waals surface area contributed by atoms with Crippen LogP contribution in [0.2, 0.25) is 0 Å². The van der Waals surface area contributed by atoms with Crippen molar-refractivity contribution in [3.05, 3.63) is 266 Å². The maximum absolute atomic E-state index is 9.25. The van der Waals surface area contributed by atoms with Gasteiger partial charge in [-0.25, -0.2) is 22.8 Å². The molecule has 6 unspecified atom stereocenters. The van der Waals surface area contributed by atoms with Crippen LogP contribution in [0.25, 0.3) is 56.3 Å². The largest absolute Gasteiger partial charge is 0.216 e. The van der Waals surface area contributed by atoms with Crippen LogP contribution in [-0.4, -0.2) is 0 Å². The molecular weight excluding hydrogens is 1240 g/mol. The first-order valence-electron chi connectivity index (χ1n) is 39.9. The molecule has 10 aromatic rings. The second-order valence-electron chi connectivity index (χ2n) is 35.5. The number of fused-ring (bicyclic) bond motifs is 17. The number of benzene rings is 5. The van der Waals surface area contributed by atoms with E-state index in [4.69, 9.17) is 2.74 Å². The van der Waals surface area contributed by atoms with Gasteiger partial charge in [-0.3, -0.25) is 0 Å². The fourth-order valence-corrected chi connectivity index (χ4v) is 21.1. The first kappa shape index (κ1) is 67.0. The van der Waals surface area contributed by atoms with Gasteiger partial charge in [-0.15, -0.1) is 0 Å². The number of aromatic nitrogens is 5. The Morgan fingerprint density at radius 1 is 0.353 bits per heavy atom. The molecule has 5 aromatic carbocycles. The van der Waals surface area contributed by atoms with Crippen LogP contribution in [0, 0.1) is 40.0 Å². The monoisotopic (exact) mass is 1360 g/mol. The van der Waals surface area contributed by atoms with Gasteiger partial charge >= 0.3 is 0 Å². The molecule has 8 aliphatic rings. The summed E-state index contributed by atoms with van der Waals surface area (Å²) in [4.78, 5) is 0. The molecule has 102 heavy (non-hydrogen) atoms. The van der Waals surface area contributed by atoms with Crippen molar-refractivity contribution in [2.75, 3.05) is 0 Å². The molecule has 0 amide bonds. The SMILES string of the molecule is Cc1ccccc1-c1c2c(cc[n+]1C)C(C)(C)CC2(C)C.Cc1ccccc1-c1c2c(cc[n+]1C)C1CCC2C1.Cc1ccccc1-c1cc2c(c[n+]1C)C(C)(C)CC2(C)C.[2H]C12CCC(C)(c3c[n+](C)c(-c4ccccc4C)cc31)C2(C)C.[2H]C12CCC([2H])(C1)c1c2cc[n+](C)c1-c1ccccc1C. The lowest BCUT2D eigenvalue weighted by Crippen LogP contribution is -2.36. The van der Waals surface area contributed by atoms with Crippen LogP contribution in [0.15, 0.2) is 183 Å². The summed E-state index contributed by atoms with van der Waals surface area (Å²) >= 11 is 0. The van der Waals surface area contributed by atoms with Gasteiger partial charge in [0.2, 0.25) is 28.5 Å². The van der Waals surface area contributed by atoms with Crippen molar-refractivity contribution >= 4 is 0 Å². The first-order chi connectivity index (χ1) is 49.4. The summed E-state index contributed by atoms with van der Waals surface area (Å²) in [5, 5.41) is 0. The normalized spacial score (nSPS) is 25.1. The van der Waals surface area contributed by atoms with Gasteiger partial charge in [-0.2, -0.15) is 0 Å². The first-order valence-corrected chi connectivity index (χ1v) is 38.4. The Hall–Kier alpha value is -8.15. The molecule has 0 spiro atoms. The van der Waals surface area contributed by atoms with Crippen LogP contribution in [0.1, 0.15) is 257 Å². The third kappa shape index (κ3) is 12.0. The highest BCUT2D eigenvalue weighted by Crippen LogP contribution is 2.68. The average molecular weight is 1360 g/mol. The molecule has 5 heterocycles. The number of hydrogen-bond donors (Lipinski definition) is 0. The quantitative estimate of drug-likeness (QED) is 0.153. The van der Waals surface area contributed by atoms with Gasteiger partial charge in [0, 0.05) is 95.5 Å². The van der Waals surface area contributed by atoms with E-state index in [0.29, 0.717) is 6.42 Å². The molecule has 8 aliphatic carbocycles. The zero-order valence-corrected chi connectivity index (χ0v) is 65.8. The van der Waals surface area contributed by atoms with E-state index in [-0.39, 0.29) is 32.5 Å². The van der Waals surface area contributed by atoms with Crippen LogP contribution in [-0.2, 0) is 62.3 Å². The lowest BCUT2D eigenvalue weighted by Gasteiger charge is -2.34. The van der Waals surface area contributed by atoms with E-state index in [1.165, 1.54) is 144 Å². The van der Waals surface area contributed by atoms with Crippen LogP contribution in [0.4, 0.5) is 0 Å². The molecule has 0 radical (unpaired) electrons. The third-order valence-corrected chi connectivity index (χ3v) is 26.4. The van der Waals surface area contributed by atoms with E-state index < -0.39 is 17.7 Å². The number of hydrogen-bond acceptors (Lipinski definition) is 0. The van der Waals surface area contributed by atoms with Crippen molar-refractivity contribution in [2.45, 2.75) is 232 Å². The molecule has 0 aliphatic heterocycles. The van der Waals surface area contributed by atoms with Crippen molar-refractivity contribution in [3.63, 3.8) is 0 Å². The van der Waals surface area contributed by atoms with Crippen LogP contribution in [0.3, 0.4) is 0 Å². The van der Waals surface area contributed by atoms with Crippen molar-refractivity contribution in [2.24, 2.45) is 40.7 Å². The highest BCUT2D eigenvalue weighted by Gasteiger charge is 2.61. The molecular formula is C97H118N5+5. The van der Waals surface area contributed by atoms with Gasteiger partial charge in [0.1, 0.15) is 35.2 Å². The maximum atomic E-state index is 9.25. The molecule has 526 valence electrons. The summed E-state index contributed by atoms with van der Waals surface area (Å²) in [5.41, 5.74) is 35.0. The highest BCUT2D eigenvalue weighted by atomic mass is 15.0. The minimum absolute atomic E-state index is 0.0142. The van der Waals surface area contributed by atoms with E-state index in [0.717, 1.165) is 54.3 Å². The van der Waals surface area contributed by atoms with Crippen molar-refractivity contribution in [3.8, 4) is 56.3 Å². The Kier molecular flexibility index (Phi) is 17.2. The standard InChI is InChI=1S/C21H26N.2C20H26N.2C18H20N/c1-14-8-6-7-9-15(14)19-12-16-17-10-11-21(4,20(17,2)3)18(16)13-22(19)5;1-14-9-7-8-10-15(14)18-11-16-17(12-21(18)6)20(4,5)13-19(16,2)3;1-14-9-7-8-10-15(14)18-17-16(11-12-21(18)6)19(2,3)13-20(17,4)5;2*1-12-5-3-4-6-15(12)18-17-14-8-7-13(11-14)16(17)9-10-19(18)2/h6-9,12-13,17H,10-11H2,1-5H3;2*7-12H,13H2,1-6H3;2*3-6,9-10,13-14H,7-8,11H2,1-2H3/q5*+1/i17D;;;13D,14D;. The summed E-state index contributed by atoms with van der Waals surface area (Å²) in [6.07, 6.45) is 22.2. The Bertz CT molecular complexity index is 5030. The lowest BCUT2D eigenvalue weighted by molar-refractivity contribution is -0.661. The van der Waals surface area contributed by atoms with Crippen LogP contribution in [0.5, 0.6) is 0 Å². The molecule has 3 saturated carbocycles. The van der Waals surface area contributed by atoms with Gasteiger partial charge < -0.3 is 0 Å². The van der Waals surface area contributed by atoms with Gasteiger partial charge in [-0.1, -0.05) is 167 Å². The van der Waals surface area contributed by atoms with Gasteiger partial charge in [0.15, 0.2) is 31.0 Å². The van der Waals surface area contributed by atoms with E-state index in [9.17, 15) is 1.37 Å². The highest BCUT2D eigenvalue weighted by molar-refractivity contribution is 5.72. The molecule has 5 heteroatoms. The topological polar surface area (TPSA) is 19.4 Å². The fourth-order valence-electron chi connectivity index (χ4n) is 21.1.